The van der Waals surface area contributed by atoms with E-state index in [-0.39, 0.29) is 24.4 Å². The second-order valence-electron chi connectivity index (χ2n) is 10.0. The summed E-state index contributed by atoms with van der Waals surface area (Å²) in [5.41, 5.74) is -0.659. The third kappa shape index (κ3) is 5.71. The number of amides is 2. The number of ether oxygens (including phenoxy) is 2. The minimum absolute atomic E-state index is 0.0429. The molecule has 4 rings (SSSR count). The molecule has 1 aliphatic carbocycles. The molecule has 3 fully saturated rings. The van der Waals surface area contributed by atoms with Gasteiger partial charge in [-0.2, -0.15) is 0 Å². The van der Waals surface area contributed by atoms with Crippen molar-refractivity contribution in [3.05, 3.63) is 30.1 Å². The van der Waals surface area contributed by atoms with Gasteiger partial charge >= 0.3 is 6.09 Å². The van der Waals surface area contributed by atoms with Gasteiger partial charge in [-0.3, -0.25) is 14.6 Å². The number of benzene rings is 1. The Bertz CT molecular complexity index is 822. The minimum atomic E-state index is -0.659. The predicted octanol–water partition coefficient (Wildman–Crippen LogP) is 3.28. The lowest BCUT2D eigenvalue weighted by Crippen LogP contribution is -2.49. The van der Waals surface area contributed by atoms with Crippen LogP contribution in [0.25, 0.3) is 0 Å². The van der Waals surface area contributed by atoms with Crippen molar-refractivity contribution in [2.45, 2.75) is 70.2 Å². The fraction of sp³-hybridized carbons (Fsp3) is 0.667. The first-order valence-corrected chi connectivity index (χ1v) is 11.6. The Labute approximate surface area is 189 Å². The van der Waals surface area contributed by atoms with Gasteiger partial charge in [0.1, 0.15) is 29.3 Å². The number of likely N-dealkylation sites (tertiary alicyclic amines) is 1. The monoisotopic (exact) mass is 447 g/mol. The van der Waals surface area contributed by atoms with Gasteiger partial charge in [0.25, 0.3) is 0 Å². The van der Waals surface area contributed by atoms with Crippen LogP contribution in [0.5, 0.6) is 5.75 Å². The van der Waals surface area contributed by atoms with Gasteiger partial charge in [0.15, 0.2) is 0 Å². The number of halogens is 1. The van der Waals surface area contributed by atoms with E-state index in [1.54, 1.807) is 12.1 Å². The van der Waals surface area contributed by atoms with E-state index in [0.29, 0.717) is 31.3 Å². The molecule has 0 N–H and O–H groups in total. The van der Waals surface area contributed by atoms with Crippen molar-refractivity contribution in [1.29, 1.82) is 0 Å². The van der Waals surface area contributed by atoms with Crippen LogP contribution in [0.3, 0.4) is 0 Å². The first-order valence-electron chi connectivity index (χ1n) is 11.6. The molecule has 0 spiro atoms. The van der Waals surface area contributed by atoms with Crippen molar-refractivity contribution in [3.8, 4) is 5.75 Å². The van der Waals surface area contributed by atoms with Crippen molar-refractivity contribution in [3.63, 3.8) is 0 Å². The third-order valence-electron chi connectivity index (χ3n) is 6.20. The van der Waals surface area contributed by atoms with Gasteiger partial charge in [0.05, 0.1) is 6.54 Å². The van der Waals surface area contributed by atoms with E-state index in [2.05, 4.69) is 4.90 Å². The lowest BCUT2D eigenvalue weighted by atomic mass is 10.1. The van der Waals surface area contributed by atoms with Gasteiger partial charge in [-0.1, -0.05) is 0 Å². The summed E-state index contributed by atoms with van der Waals surface area (Å²) in [5.74, 6) is 0.135. The zero-order valence-electron chi connectivity index (χ0n) is 19.3. The summed E-state index contributed by atoms with van der Waals surface area (Å²) in [5, 5.41) is 0. The normalized spacial score (nSPS) is 24.9. The molecule has 8 heteroatoms. The highest BCUT2D eigenvalue weighted by Crippen LogP contribution is 2.29. The van der Waals surface area contributed by atoms with Crippen molar-refractivity contribution in [1.82, 2.24) is 14.7 Å². The molecule has 2 saturated heterocycles. The van der Waals surface area contributed by atoms with Crippen LogP contribution < -0.4 is 4.74 Å². The summed E-state index contributed by atoms with van der Waals surface area (Å²) in [4.78, 5) is 32.3. The highest BCUT2D eigenvalue weighted by Gasteiger charge is 2.44. The molecule has 0 radical (unpaired) electrons. The van der Waals surface area contributed by atoms with Gasteiger partial charge < -0.3 is 14.4 Å². The summed E-state index contributed by atoms with van der Waals surface area (Å²) >= 11 is 0. The van der Waals surface area contributed by atoms with Crippen LogP contribution in [-0.4, -0.2) is 83.2 Å². The van der Waals surface area contributed by atoms with Crippen LogP contribution in [0.2, 0.25) is 0 Å². The maximum atomic E-state index is 13.5. The van der Waals surface area contributed by atoms with Crippen LogP contribution in [0.1, 0.15) is 46.5 Å². The Balaban J connectivity index is 1.46. The fourth-order valence-corrected chi connectivity index (χ4v) is 4.52. The van der Waals surface area contributed by atoms with E-state index in [1.165, 1.54) is 29.9 Å². The zero-order chi connectivity index (χ0) is 22.9. The Hall–Kier alpha value is -2.35. The topological polar surface area (TPSA) is 62.3 Å². The number of carbonyl (C=O) groups is 2. The Morgan fingerprint density at radius 3 is 2.41 bits per heavy atom. The van der Waals surface area contributed by atoms with E-state index in [4.69, 9.17) is 9.47 Å². The quantitative estimate of drug-likeness (QED) is 0.709. The third-order valence-corrected chi connectivity index (χ3v) is 6.20. The van der Waals surface area contributed by atoms with E-state index >= 15 is 0 Å². The van der Waals surface area contributed by atoms with Crippen LogP contribution in [0, 0.1) is 5.82 Å². The molecule has 1 aromatic rings. The molecule has 2 atom stereocenters. The molecule has 0 unspecified atom stereocenters. The SMILES string of the molecule is CC(C)(C)OC(=O)N1C[C@@H](Oc2ccc(F)cc2)C[C@@H]1C(=O)N1CCCN(C2CC2)CC1. The van der Waals surface area contributed by atoms with Crippen LogP contribution in [-0.2, 0) is 9.53 Å². The van der Waals surface area contributed by atoms with Crippen LogP contribution >= 0.6 is 0 Å². The van der Waals surface area contributed by atoms with Gasteiger partial charge in [0, 0.05) is 38.6 Å². The maximum Gasteiger partial charge on any atom is 0.411 e. The molecular weight excluding hydrogens is 413 g/mol. The molecule has 2 amide bonds. The van der Waals surface area contributed by atoms with Crippen molar-refractivity contribution in [2.75, 3.05) is 32.7 Å². The highest BCUT2D eigenvalue weighted by atomic mass is 19.1. The van der Waals surface area contributed by atoms with E-state index in [9.17, 15) is 14.0 Å². The van der Waals surface area contributed by atoms with E-state index in [1.807, 2.05) is 25.7 Å². The standard InChI is InChI=1S/C24H34FN3O4/c1-24(2,3)32-23(30)28-16-20(31-19-9-5-17(25)6-10-19)15-21(28)22(29)27-12-4-11-26(13-14-27)18-7-8-18/h5-6,9-10,18,20-21H,4,7-8,11-16H2,1-3H3/t20-,21+/m0/s1. The summed E-state index contributed by atoms with van der Waals surface area (Å²) in [6, 6.07) is 5.85. The van der Waals surface area contributed by atoms with Gasteiger partial charge in [-0.05, 0) is 64.3 Å². The number of nitrogens with zero attached hydrogens (tertiary/aromatic N) is 3. The fourth-order valence-electron chi connectivity index (χ4n) is 4.52. The second-order valence-corrected chi connectivity index (χ2v) is 10.0. The van der Waals surface area contributed by atoms with Gasteiger partial charge in [-0.15, -0.1) is 0 Å². The van der Waals surface area contributed by atoms with Crippen molar-refractivity contribution in [2.24, 2.45) is 0 Å². The van der Waals surface area contributed by atoms with E-state index in [0.717, 1.165) is 19.5 Å². The first kappa shape index (κ1) is 22.8. The number of rotatable bonds is 4. The maximum absolute atomic E-state index is 13.5. The Morgan fingerprint density at radius 2 is 1.75 bits per heavy atom. The smallest absolute Gasteiger partial charge is 0.411 e. The van der Waals surface area contributed by atoms with Crippen molar-refractivity contribution >= 4 is 12.0 Å². The lowest BCUT2D eigenvalue weighted by molar-refractivity contribution is -0.135. The average Bonchev–Trinajstić information content (AvgIpc) is 3.51. The molecule has 2 aliphatic heterocycles. The molecule has 0 aromatic heterocycles. The Kier molecular flexibility index (Phi) is 6.60. The Morgan fingerprint density at radius 1 is 1.03 bits per heavy atom. The molecule has 32 heavy (non-hydrogen) atoms. The number of hydrogen-bond acceptors (Lipinski definition) is 5. The molecular formula is C24H34FN3O4. The van der Waals surface area contributed by atoms with Gasteiger partial charge in [0.2, 0.25) is 5.91 Å². The molecule has 1 aromatic carbocycles. The second kappa shape index (κ2) is 9.25. The molecule has 3 aliphatic rings. The molecule has 1 saturated carbocycles. The highest BCUT2D eigenvalue weighted by molar-refractivity contribution is 5.86. The minimum Gasteiger partial charge on any atom is -0.488 e. The molecule has 0 bridgehead atoms. The van der Waals surface area contributed by atoms with E-state index < -0.39 is 17.7 Å². The zero-order valence-corrected chi connectivity index (χ0v) is 19.3. The van der Waals surface area contributed by atoms with Crippen LogP contribution in [0.4, 0.5) is 9.18 Å². The first-order chi connectivity index (χ1) is 15.2. The number of carbonyl (C=O) groups excluding carboxylic acids is 2. The van der Waals surface area contributed by atoms with Gasteiger partial charge in [-0.25, -0.2) is 9.18 Å². The predicted molar refractivity (Wildman–Crippen MR) is 118 cm³/mol. The van der Waals surface area contributed by atoms with Crippen LogP contribution in [0.15, 0.2) is 24.3 Å². The molecule has 7 nitrogen and oxygen atoms in total. The number of hydrogen-bond donors (Lipinski definition) is 0. The lowest BCUT2D eigenvalue weighted by Gasteiger charge is -2.31. The summed E-state index contributed by atoms with van der Waals surface area (Å²) in [6.45, 7) is 8.96. The summed E-state index contributed by atoms with van der Waals surface area (Å²) in [6.07, 6.45) is 2.97. The largest absolute Gasteiger partial charge is 0.488 e. The average molecular weight is 448 g/mol. The molecule has 176 valence electrons. The summed E-state index contributed by atoms with van der Waals surface area (Å²) < 4.78 is 24.8. The van der Waals surface area contributed by atoms with Crippen molar-refractivity contribution < 1.29 is 23.5 Å². The molecule has 2 heterocycles. The summed E-state index contributed by atoms with van der Waals surface area (Å²) in [7, 11) is 0.